The maximum absolute atomic E-state index is 9.82. The second-order valence-electron chi connectivity index (χ2n) is 2.88. The van der Waals surface area contributed by atoms with Crippen LogP contribution in [0.2, 0.25) is 19.6 Å². The summed E-state index contributed by atoms with van der Waals surface area (Å²) >= 11 is 0. The predicted octanol–water partition coefficient (Wildman–Crippen LogP) is 1.15. The van der Waals surface area contributed by atoms with Crippen LogP contribution in [0.4, 0.5) is 0 Å². The van der Waals surface area contributed by atoms with Crippen molar-refractivity contribution in [2.75, 3.05) is 0 Å². The number of nitrogens with two attached hydrogens (primary N) is 1. The van der Waals surface area contributed by atoms with Gasteiger partial charge < -0.3 is 5.73 Å². The van der Waals surface area contributed by atoms with E-state index in [9.17, 15) is 4.79 Å². The van der Waals surface area contributed by atoms with Gasteiger partial charge in [-0.1, -0.05) is 26.2 Å². The van der Waals surface area contributed by atoms with Gasteiger partial charge >= 0.3 is 0 Å². The van der Waals surface area contributed by atoms with Gasteiger partial charge in [-0.05, 0) is 6.92 Å². The number of primary amides is 1. The Morgan fingerprint density at radius 1 is 1.40 bits per heavy atom. The highest BCUT2D eigenvalue weighted by Gasteiger charge is 1.86. The molecule has 10 heavy (non-hydrogen) atoms. The molecule has 0 heterocycles. The monoisotopic (exact) mass is 159 g/mol. The molecule has 0 aliphatic rings. The van der Waals surface area contributed by atoms with E-state index in [1.807, 2.05) is 0 Å². The van der Waals surface area contributed by atoms with Crippen LogP contribution in [-0.4, -0.2) is 14.7 Å². The molecule has 0 radical (unpaired) electrons. The summed E-state index contributed by atoms with van der Waals surface area (Å²) in [6.45, 7) is 11.8. The Labute approximate surface area is 64.7 Å². The van der Waals surface area contributed by atoms with Gasteiger partial charge in [0.15, 0.2) is 0 Å². The lowest BCUT2D eigenvalue weighted by molar-refractivity contribution is -0.114. The fraction of sp³-hybridized carbons (Fsp3) is 0.571. The molecule has 0 aromatic heterocycles. The minimum absolute atomic E-state index is 0.139. The van der Waals surface area contributed by atoms with Crippen molar-refractivity contribution in [3.63, 3.8) is 0 Å². The zero-order valence-corrected chi connectivity index (χ0v) is 8.42. The molecule has 0 aromatic rings. The van der Waals surface area contributed by atoms with Crippen molar-refractivity contribution in [3.8, 4) is 0 Å². The third kappa shape index (κ3) is 26.1. The molecule has 0 atom stereocenters. The van der Waals surface area contributed by atoms with Crippen LogP contribution >= 0.6 is 0 Å². The molecular weight excluding hydrogens is 142 g/mol. The summed E-state index contributed by atoms with van der Waals surface area (Å²) in [5.74, 6) is -0.435. The van der Waals surface area contributed by atoms with Gasteiger partial charge in [0, 0.05) is 14.4 Å². The van der Waals surface area contributed by atoms with Crippen LogP contribution in [0.25, 0.3) is 0 Å². The van der Waals surface area contributed by atoms with E-state index in [4.69, 9.17) is 5.73 Å². The Morgan fingerprint density at radius 2 is 1.50 bits per heavy atom. The SMILES string of the molecule is C=C(C)C(N)=O.C[SiH](C)C. The predicted molar refractivity (Wildman–Crippen MR) is 48.7 cm³/mol. The van der Waals surface area contributed by atoms with E-state index in [1.54, 1.807) is 6.92 Å². The van der Waals surface area contributed by atoms with E-state index in [1.165, 1.54) is 0 Å². The molecule has 2 N–H and O–H groups in total. The third-order valence-electron chi connectivity index (χ3n) is 0.421. The maximum atomic E-state index is 9.82. The molecule has 0 aliphatic carbocycles. The smallest absolute Gasteiger partial charge is 0.243 e. The first kappa shape index (κ1) is 12.1. The van der Waals surface area contributed by atoms with Gasteiger partial charge in [0.25, 0.3) is 0 Å². The van der Waals surface area contributed by atoms with Crippen molar-refractivity contribution >= 4 is 14.7 Å². The zero-order valence-electron chi connectivity index (χ0n) is 7.27. The molecule has 1 amide bonds. The van der Waals surface area contributed by atoms with Crippen LogP contribution in [0.3, 0.4) is 0 Å². The van der Waals surface area contributed by atoms with E-state index >= 15 is 0 Å². The molecule has 0 bridgehead atoms. The molecule has 60 valence electrons. The Kier molecular flexibility index (Phi) is 7.94. The minimum Gasteiger partial charge on any atom is -0.366 e. The van der Waals surface area contributed by atoms with E-state index in [0.29, 0.717) is 5.57 Å². The number of carbonyl (C=O) groups excluding carboxylic acids is 1. The van der Waals surface area contributed by atoms with Gasteiger partial charge in [-0.3, -0.25) is 4.79 Å². The summed E-state index contributed by atoms with van der Waals surface area (Å²) in [7, 11) is -0.139. The molecule has 0 rings (SSSR count). The van der Waals surface area contributed by atoms with Gasteiger partial charge in [-0.15, -0.1) is 0 Å². The standard InChI is InChI=1S/C4H7NO.C3H10Si/c1-3(2)4(5)6;1-4(2)3/h1H2,2H3,(H2,5,6);4H,1-3H3. The molecule has 0 aliphatic heterocycles. The Hall–Kier alpha value is -0.573. The molecule has 0 unspecified atom stereocenters. The molecule has 0 fully saturated rings. The summed E-state index contributed by atoms with van der Waals surface area (Å²) in [5, 5.41) is 0. The van der Waals surface area contributed by atoms with E-state index < -0.39 is 5.91 Å². The summed E-state index contributed by atoms with van der Waals surface area (Å²) in [6.07, 6.45) is 0. The van der Waals surface area contributed by atoms with Gasteiger partial charge in [0.1, 0.15) is 0 Å². The van der Waals surface area contributed by atoms with Crippen LogP contribution in [0.5, 0.6) is 0 Å². The number of rotatable bonds is 1. The van der Waals surface area contributed by atoms with Gasteiger partial charge in [-0.25, -0.2) is 0 Å². The highest BCUT2D eigenvalue weighted by molar-refractivity contribution is 6.54. The number of hydrogen-bond acceptors (Lipinski definition) is 1. The average Bonchev–Trinajstić information content (AvgIpc) is 1.63. The summed E-state index contributed by atoms with van der Waals surface area (Å²) in [5.41, 5.74) is 5.09. The lowest BCUT2D eigenvalue weighted by Crippen LogP contribution is -2.10. The quantitative estimate of drug-likeness (QED) is 0.452. The van der Waals surface area contributed by atoms with Gasteiger partial charge in [-0.2, -0.15) is 0 Å². The number of carbonyl (C=O) groups is 1. The second-order valence-corrected chi connectivity index (χ2v) is 6.34. The van der Waals surface area contributed by atoms with Crippen molar-refractivity contribution in [2.24, 2.45) is 5.73 Å². The third-order valence-corrected chi connectivity index (χ3v) is 0.421. The highest BCUT2D eigenvalue weighted by atomic mass is 28.3. The highest BCUT2D eigenvalue weighted by Crippen LogP contribution is 1.78. The largest absolute Gasteiger partial charge is 0.366 e. The van der Waals surface area contributed by atoms with Crippen molar-refractivity contribution in [3.05, 3.63) is 12.2 Å². The van der Waals surface area contributed by atoms with Crippen molar-refractivity contribution in [1.82, 2.24) is 0 Å². The first-order valence-corrected chi connectivity index (χ1v) is 6.79. The van der Waals surface area contributed by atoms with Crippen molar-refractivity contribution in [1.29, 1.82) is 0 Å². The van der Waals surface area contributed by atoms with E-state index in [2.05, 4.69) is 26.2 Å². The van der Waals surface area contributed by atoms with Gasteiger partial charge in [0.2, 0.25) is 5.91 Å². The lowest BCUT2D eigenvalue weighted by atomic mass is 10.3. The van der Waals surface area contributed by atoms with Crippen LogP contribution in [0, 0.1) is 0 Å². The fourth-order valence-corrected chi connectivity index (χ4v) is 0. The normalized spacial score (nSPS) is 8.10. The summed E-state index contributed by atoms with van der Waals surface area (Å²) in [6, 6.07) is 0. The van der Waals surface area contributed by atoms with E-state index in [-0.39, 0.29) is 8.80 Å². The van der Waals surface area contributed by atoms with Crippen molar-refractivity contribution < 1.29 is 4.79 Å². The molecule has 0 saturated carbocycles. The number of amides is 1. The van der Waals surface area contributed by atoms with Crippen molar-refractivity contribution in [2.45, 2.75) is 26.6 Å². The maximum Gasteiger partial charge on any atom is 0.243 e. The van der Waals surface area contributed by atoms with Crippen LogP contribution < -0.4 is 5.73 Å². The van der Waals surface area contributed by atoms with Crippen LogP contribution in [-0.2, 0) is 4.79 Å². The first-order valence-electron chi connectivity index (χ1n) is 3.33. The van der Waals surface area contributed by atoms with Gasteiger partial charge in [0.05, 0.1) is 0 Å². The topological polar surface area (TPSA) is 43.1 Å². The average molecular weight is 159 g/mol. The molecule has 2 nitrogen and oxygen atoms in total. The fourth-order valence-electron chi connectivity index (χ4n) is 0. The Morgan fingerprint density at radius 3 is 1.50 bits per heavy atom. The molecule has 0 saturated heterocycles. The summed E-state index contributed by atoms with van der Waals surface area (Å²) in [4.78, 5) is 9.82. The molecular formula is C7H17NOSi. The first-order chi connectivity index (χ1) is 4.37. The van der Waals surface area contributed by atoms with Crippen LogP contribution in [0.1, 0.15) is 6.92 Å². The molecule has 0 aromatic carbocycles. The lowest BCUT2D eigenvalue weighted by Gasteiger charge is -1.81. The number of hydrogen-bond donors (Lipinski definition) is 1. The molecule has 3 heteroatoms. The minimum atomic E-state index is -0.435. The second kappa shape index (κ2) is 6.55. The van der Waals surface area contributed by atoms with Crippen LogP contribution in [0.15, 0.2) is 12.2 Å². The Bertz CT molecular complexity index is 106. The molecule has 0 spiro atoms. The van der Waals surface area contributed by atoms with E-state index in [0.717, 1.165) is 0 Å². The zero-order chi connectivity index (χ0) is 8.73. The Balaban J connectivity index is 0. The summed E-state index contributed by atoms with van der Waals surface area (Å²) < 4.78 is 0.